The Morgan fingerprint density at radius 1 is 1.17 bits per heavy atom. The molecule has 3 N–H and O–H groups in total. The summed E-state index contributed by atoms with van der Waals surface area (Å²) in [5, 5.41) is 9.52. The Kier molecular flexibility index (Phi) is 4.85. The zero-order valence-electron chi connectivity index (χ0n) is 16.4. The summed E-state index contributed by atoms with van der Waals surface area (Å²) < 4.78 is 0. The van der Waals surface area contributed by atoms with Crippen LogP contribution in [0.4, 0.5) is 0 Å². The Bertz CT molecular complexity index is 857. The summed E-state index contributed by atoms with van der Waals surface area (Å²) in [5.41, 5.74) is 2.77. The first kappa shape index (κ1) is 18.7. The first-order valence-corrected chi connectivity index (χ1v) is 10.5. The Labute approximate surface area is 170 Å². The van der Waals surface area contributed by atoms with Crippen LogP contribution in [0.3, 0.4) is 0 Å². The van der Waals surface area contributed by atoms with Gasteiger partial charge in [0.15, 0.2) is 0 Å². The van der Waals surface area contributed by atoms with Crippen LogP contribution in [-0.2, 0) is 22.7 Å². The lowest BCUT2D eigenvalue weighted by Gasteiger charge is -2.33. The molecule has 4 heterocycles. The van der Waals surface area contributed by atoms with Crippen LogP contribution in [0.1, 0.15) is 40.7 Å². The number of piperazine rings is 1. The molecule has 4 aliphatic heterocycles. The van der Waals surface area contributed by atoms with Crippen molar-refractivity contribution in [1.82, 2.24) is 25.8 Å². The van der Waals surface area contributed by atoms with E-state index in [1.165, 1.54) is 13.0 Å². The van der Waals surface area contributed by atoms with E-state index < -0.39 is 6.04 Å². The van der Waals surface area contributed by atoms with Crippen molar-refractivity contribution in [2.24, 2.45) is 0 Å². The molecule has 5 rings (SSSR count). The predicted octanol–water partition coefficient (Wildman–Crippen LogP) is -0.417. The monoisotopic (exact) mass is 397 g/mol. The number of nitrogens with one attached hydrogen (secondary N) is 3. The molecule has 0 spiro atoms. The van der Waals surface area contributed by atoms with E-state index in [2.05, 4.69) is 26.9 Å². The van der Waals surface area contributed by atoms with E-state index in [1.54, 1.807) is 4.90 Å². The van der Waals surface area contributed by atoms with Crippen molar-refractivity contribution in [1.29, 1.82) is 0 Å². The van der Waals surface area contributed by atoms with Gasteiger partial charge in [-0.1, -0.05) is 12.1 Å². The highest BCUT2D eigenvalue weighted by atomic mass is 16.2. The van der Waals surface area contributed by atoms with E-state index in [4.69, 9.17) is 0 Å². The van der Waals surface area contributed by atoms with Crippen molar-refractivity contribution >= 4 is 17.7 Å². The maximum Gasteiger partial charge on any atom is 0.255 e. The van der Waals surface area contributed by atoms with Crippen LogP contribution in [-0.4, -0.2) is 71.8 Å². The number of hydrogen-bond donors (Lipinski definition) is 3. The van der Waals surface area contributed by atoms with Crippen molar-refractivity contribution in [2.75, 3.05) is 26.2 Å². The normalized spacial score (nSPS) is 31.2. The lowest BCUT2D eigenvalue weighted by atomic mass is 10.0. The van der Waals surface area contributed by atoms with E-state index in [1.807, 2.05) is 12.1 Å². The quantitative estimate of drug-likeness (QED) is 0.585. The Balaban J connectivity index is 1.20. The van der Waals surface area contributed by atoms with E-state index >= 15 is 0 Å². The molecular weight excluding hydrogens is 370 g/mol. The fourth-order valence-electron chi connectivity index (χ4n) is 5.04. The highest BCUT2D eigenvalue weighted by molar-refractivity contribution is 6.05. The number of amides is 3. The van der Waals surface area contributed by atoms with Crippen molar-refractivity contribution in [2.45, 2.75) is 50.5 Å². The molecule has 3 saturated heterocycles. The summed E-state index contributed by atoms with van der Waals surface area (Å²) in [5.74, 6) is -0.748. The summed E-state index contributed by atoms with van der Waals surface area (Å²) in [6.07, 6.45) is 1.92. The minimum absolute atomic E-state index is 0.120. The van der Waals surface area contributed by atoms with Crippen molar-refractivity contribution in [3.63, 3.8) is 0 Å². The number of rotatable bonds is 5. The molecule has 154 valence electrons. The van der Waals surface area contributed by atoms with E-state index in [9.17, 15) is 14.4 Å². The van der Waals surface area contributed by atoms with Crippen LogP contribution in [0.5, 0.6) is 0 Å². The largest absolute Gasteiger partial charge is 0.322 e. The average molecular weight is 397 g/mol. The number of fused-ring (bicyclic) bond motifs is 3. The number of piperidine rings is 1. The summed E-state index contributed by atoms with van der Waals surface area (Å²) in [4.78, 5) is 40.5. The Hall–Kier alpha value is -2.29. The highest BCUT2D eigenvalue weighted by Gasteiger charge is 2.39. The second-order valence-corrected chi connectivity index (χ2v) is 8.56. The predicted molar refractivity (Wildman–Crippen MR) is 106 cm³/mol. The molecule has 1 aromatic rings. The van der Waals surface area contributed by atoms with Crippen LogP contribution >= 0.6 is 0 Å². The van der Waals surface area contributed by atoms with Gasteiger partial charge < -0.3 is 15.5 Å². The van der Waals surface area contributed by atoms with E-state index in [-0.39, 0.29) is 24.1 Å². The molecule has 2 bridgehead atoms. The lowest BCUT2D eigenvalue weighted by Crippen LogP contribution is -2.53. The Morgan fingerprint density at radius 2 is 2.07 bits per heavy atom. The van der Waals surface area contributed by atoms with Gasteiger partial charge in [0.05, 0.1) is 0 Å². The van der Waals surface area contributed by atoms with Gasteiger partial charge in [0.2, 0.25) is 11.8 Å². The molecule has 0 aromatic heterocycles. The summed E-state index contributed by atoms with van der Waals surface area (Å²) >= 11 is 0. The third kappa shape index (κ3) is 3.56. The topological polar surface area (TPSA) is 93.8 Å². The zero-order valence-corrected chi connectivity index (χ0v) is 16.4. The van der Waals surface area contributed by atoms with Gasteiger partial charge in [0, 0.05) is 63.3 Å². The van der Waals surface area contributed by atoms with Crippen molar-refractivity contribution < 1.29 is 14.4 Å². The molecule has 4 unspecified atom stereocenters. The van der Waals surface area contributed by atoms with Gasteiger partial charge in [-0.25, -0.2) is 0 Å². The number of nitrogens with zero attached hydrogens (tertiary/aromatic N) is 2. The third-order valence-corrected chi connectivity index (χ3v) is 6.68. The molecule has 3 amide bonds. The van der Waals surface area contributed by atoms with E-state index in [0.29, 0.717) is 30.6 Å². The van der Waals surface area contributed by atoms with E-state index in [0.717, 1.165) is 37.3 Å². The fraction of sp³-hybridized carbons (Fsp3) is 0.571. The standard InChI is InChI=1S/C21H27N5O3/c27-19-4-3-18(20(28)24-19)26-11-14-7-13(1-2-17(14)21(26)29)8-22-9-16-10-23-15-5-6-25(16)12-15/h1-2,7,15-16,18,22-23H,3-6,8-12H2,(H,24,27,28). The number of imide groups is 1. The number of hydrogen-bond acceptors (Lipinski definition) is 6. The minimum Gasteiger partial charge on any atom is -0.322 e. The molecule has 29 heavy (non-hydrogen) atoms. The van der Waals surface area contributed by atoms with Gasteiger partial charge in [-0.05, 0) is 30.0 Å². The maximum absolute atomic E-state index is 12.8. The van der Waals surface area contributed by atoms with Gasteiger partial charge in [0.1, 0.15) is 6.04 Å². The van der Waals surface area contributed by atoms with Gasteiger partial charge in [-0.2, -0.15) is 0 Å². The van der Waals surface area contributed by atoms with Crippen LogP contribution in [0.25, 0.3) is 0 Å². The summed E-state index contributed by atoms with van der Waals surface area (Å²) in [6.45, 7) is 5.50. The molecule has 1 aromatic carbocycles. The summed E-state index contributed by atoms with van der Waals surface area (Å²) in [7, 11) is 0. The minimum atomic E-state index is -0.558. The van der Waals surface area contributed by atoms with Crippen LogP contribution < -0.4 is 16.0 Å². The Morgan fingerprint density at radius 3 is 2.93 bits per heavy atom. The molecule has 0 aliphatic carbocycles. The smallest absolute Gasteiger partial charge is 0.255 e. The molecule has 3 fully saturated rings. The molecule has 8 heteroatoms. The van der Waals surface area contributed by atoms with Crippen molar-refractivity contribution in [3.05, 3.63) is 34.9 Å². The second-order valence-electron chi connectivity index (χ2n) is 8.56. The maximum atomic E-state index is 12.8. The number of carbonyl (C=O) groups excluding carboxylic acids is 3. The second kappa shape index (κ2) is 7.51. The summed E-state index contributed by atoms with van der Waals surface area (Å²) in [6, 6.07) is 6.58. The van der Waals surface area contributed by atoms with Gasteiger partial charge in [0.25, 0.3) is 5.91 Å². The van der Waals surface area contributed by atoms with Gasteiger partial charge in [-0.3, -0.25) is 24.6 Å². The van der Waals surface area contributed by atoms with Gasteiger partial charge >= 0.3 is 0 Å². The number of benzene rings is 1. The lowest BCUT2D eigenvalue weighted by molar-refractivity contribution is -0.136. The fourth-order valence-corrected chi connectivity index (χ4v) is 5.04. The number of carbonyl (C=O) groups is 3. The molecule has 4 atom stereocenters. The van der Waals surface area contributed by atoms with Crippen LogP contribution in [0.2, 0.25) is 0 Å². The molecule has 0 radical (unpaired) electrons. The molecular formula is C21H27N5O3. The van der Waals surface area contributed by atoms with Gasteiger partial charge in [-0.15, -0.1) is 0 Å². The SMILES string of the molecule is O=C1CCC(N2Cc3cc(CNCC4CNC5CCN4C5)ccc3C2=O)C(=O)N1. The van der Waals surface area contributed by atoms with Crippen LogP contribution in [0, 0.1) is 0 Å². The average Bonchev–Trinajstić information content (AvgIpc) is 3.24. The molecule has 0 saturated carbocycles. The van der Waals surface area contributed by atoms with Crippen molar-refractivity contribution in [3.8, 4) is 0 Å². The third-order valence-electron chi connectivity index (χ3n) is 6.68. The highest BCUT2D eigenvalue weighted by Crippen LogP contribution is 2.28. The zero-order chi connectivity index (χ0) is 20.0. The molecule has 4 aliphatic rings. The molecule has 8 nitrogen and oxygen atoms in total. The van der Waals surface area contributed by atoms with Crippen LogP contribution in [0.15, 0.2) is 18.2 Å². The first-order valence-electron chi connectivity index (χ1n) is 10.5. The first-order chi connectivity index (χ1) is 14.1.